The van der Waals surface area contributed by atoms with E-state index in [1.54, 1.807) is 6.20 Å². The number of pyridine rings is 1. The number of hydrogen-bond donors (Lipinski definition) is 3. The van der Waals surface area contributed by atoms with Crippen LogP contribution in [-0.4, -0.2) is 22.7 Å². The normalized spacial score (nSPS) is 12.8. The molecule has 17 heavy (non-hydrogen) atoms. The van der Waals surface area contributed by atoms with Gasteiger partial charge in [0.05, 0.1) is 11.8 Å². The van der Waals surface area contributed by atoms with Gasteiger partial charge in [-0.2, -0.15) is 0 Å². The maximum absolute atomic E-state index is 10.00. The van der Waals surface area contributed by atoms with Crippen molar-refractivity contribution in [2.45, 2.75) is 39.7 Å². The van der Waals surface area contributed by atoms with Gasteiger partial charge in [0.15, 0.2) is 0 Å². The summed E-state index contributed by atoms with van der Waals surface area (Å²) in [6, 6.07) is 1.87. The number of nitrogens with zero attached hydrogens (tertiary/aromatic N) is 1. The molecule has 0 aromatic carbocycles. The number of rotatable bonds is 6. The predicted molar refractivity (Wildman–Crippen MR) is 72.0 cm³/mol. The number of aliphatic hydroxyl groups excluding tert-OH is 1. The number of aromatic nitrogens is 1. The van der Waals surface area contributed by atoms with Gasteiger partial charge in [-0.3, -0.25) is 0 Å². The van der Waals surface area contributed by atoms with Gasteiger partial charge >= 0.3 is 0 Å². The number of nitrogens with two attached hydrogens (primary N) is 1. The molecule has 0 saturated heterocycles. The maximum atomic E-state index is 10.00. The van der Waals surface area contributed by atoms with Crippen molar-refractivity contribution in [1.29, 1.82) is 0 Å². The minimum atomic E-state index is -0.355. The van der Waals surface area contributed by atoms with Gasteiger partial charge in [0.25, 0.3) is 0 Å². The first kappa shape index (κ1) is 13.8. The average Bonchev–Trinajstić information content (AvgIpc) is 2.32. The Morgan fingerprint density at radius 3 is 2.65 bits per heavy atom. The van der Waals surface area contributed by atoms with E-state index >= 15 is 0 Å². The number of aryl methyl sites for hydroxylation is 1. The largest absolute Gasteiger partial charge is 0.396 e. The molecule has 0 aliphatic heterocycles. The first-order valence-corrected chi connectivity index (χ1v) is 6.23. The number of anilines is 2. The fourth-order valence-corrected chi connectivity index (χ4v) is 1.91. The van der Waals surface area contributed by atoms with E-state index in [0.717, 1.165) is 18.4 Å². The molecule has 0 aliphatic rings. The highest BCUT2D eigenvalue weighted by Crippen LogP contribution is 2.20. The maximum Gasteiger partial charge on any atom is 0.149 e. The van der Waals surface area contributed by atoms with Crippen molar-refractivity contribution in [1.82, 2.24) is 4.98 Å². The smallest absolute Gasteiger partial charge is 0.149 e. The lowest BCUT2D eigenvalue weighted by atomic mass is 9.96. The van der Waals surface area contributed by atoms with Gasteiger partial charge in [-0.05, 0) is 24.5 Å². The molecule has 0 aliphatic carbocycles. The Kier molecular flexibility index (Phi) is 5.22. The second-order valence-electron chi connectivity index (χ2n) is 4.41. The predicted octanol–water partition coefficient (Wildman–Crippen LogP) is 2.18. The number of hydrogen-bond acceptors (Lipinski definition) is 4. The molecule has 0 spiro atoms. The minimum absolute atomic E-state index is 0.327. The molecule has 1 aromatic heterocycles. The molecular formula is C13H23N3O. The van der Waals surface area contributed by atoms with Crippen LogP contribution < -0.4 is 11.1 Å². The van der Waals surface area contributed by atoms with Crippen LogP contribution in [0.25, 0.3) is 0 Å². The lowest BCUT2D eigenvalue weighted by Gasteiger charge is -2.21. The molecule has 0 fully saturated rings. The first-order valence-electron chi connectivity index (χ1n) is 6.23. The highest BCUT2D eigenvalue weighted by atomic mass is 16.3. The van der Waals surface area contributed by atoms with Crippen LogP contribution in [0.5, 0.6) is 0 Å². The summed E-state index contributed by atoms with van der Waals surface area (Å²) in [6.07, 6.45) is 3.33. The van der Waals surface area contributed by atoms with Gasteiger partial charge in [-0.25, -0.2) is 4.98 Å². The summed E-state index contributed by atoms with van der Waals surface area (Å²) in [6.45, 7) is 6.62. The zero-order chi connectivity index (χ0) is 12.8. The molecule has 1 unspecified atom stereocenters. The van der Waals surface area contributed by atoms with Crippen molar-refractivity contribution in [3.63, 3.8) is 0 Å². The third kappa shape index (κ3) is 3.60. The van der Waals surface area contributed by atoms with Crippen LogP contribution in [0.4, 0.5) is 11.5 Å². The van der Waals surface area contributed by atoms with Crippen molar-refractivity contribution in [2.24, 2.45) is 5.92 Å². The SMILES string of the molecule is CCC(CC)C(O)CNc1nccc(C)c1N. The summed E-state index contributed by atoms with van der Waals surface area (Å²) < 4.78 is 0. The van der Waals surface area contributed by atoms with Crippen molar-refractivity contribution in [3.8, 4) is 0 Å². The van der Waals surface area contributed by atoms with Gasteiger partial charge in [0.1, 0.15) is 5.82 Å². The van der Waals surface area contributed by atoms with Crippen molar-refractivity contribution >= 4 is 11.5 Å². The van der Waals surface area contributed by atoms with E-state index in [1.165, 1.54) is 0 Å². The van der Waals surface area contributed by atoms with Crippen LogP contribution in [0.3, 0.4) is 0 Å². The summed E-state index contributed by atoms with van der Waals surface area (Å²) in [5.41, 5.74) is 7.56. The Bertz CT molecular complexity index is 351. The Morgan fingerprint density at radius 1 is 1.41 bits per heavy atom. The zero-order valence-corrected chi connectivity index (χ0v) is 10.9. The fourth-order valence-electron chi connectivity index (χ4n) is 1.91. The van der Waals surface area contributed by atoms with Gasteiger partial charge in [-0.1, -0.05) is 26.7 Å². The molecule has 4 nitrogen and oxygen atoms in total. The molecule has 96 valence electrons. The minimum Gasteiger partial charge on any atom is -0.396 e. The highest BCUT2D eigenvalue weighted by Gasteiger charge is 2.15. The fraction of sp³-hybridized carbons (Fsp3) is 0.615. The summed E-state index contributed by atoms with van der Waals surface area (Å²) in [5, 5.41) is 13.1. The number of nitrogens with one attached hydrogen (secondary N) is 1. The second-order valence-corrected chi connectivity index (χ2v) is 4.41. The van der Waals surface area contributed by atoms with Crippen LogP contribution in [0.1, 0.15) is 32.3 Å². The van der Waals surface area contributed by atoms with Gasteiger partial charge < -0.3 is 16.2 Å². The third-order valence-corrected chi connectivity index (χ3v) is 3.28. The molecule has 1 heterocycles. The molecule has 1 rings (SSSR count). The van der Waals surface area contributed by atoms with E-state index < -0.39 is 0 Å². The standard InChI is InChI=1S/C13H23N3O/c1-4-10(5-2)11(17)8-16-13-12(14)9(3)6-7-15-13/h6-7,10-11,17H,4-5,8,14H2,1-3H3,(H,15,16). The summed E-state index contributed by atoms with van der Waals surface area (Å²) in [4.78, 5) is 4.17. The van der Waals surface area contributed by atoms with Crippen LogP contribution in [0.2, 0.25) is 0 Å². The molecule has 0 saturated carbocycles. The summed E-state index contributed by atoms with van der Waals surface area (Å²) in [7, 11) is 0. The van der Waals surface area contributed by atoms with Crippen LogP contribution >= 0.6 is 0 Å². The van der Waals surface area contributed by atoms with Crippen LogP contribution in [0.15, 0.2) is 12.3 Å². The van der Waals surface area contributed by atoms with E-state index in [0.29, 0.717) is 24.0 Å². The van der Waals surface area contributed by atoms with Gasteiger partial charge in [-0.15, -0.1) is 0 Å². The Balaban J connectivity index is 2.58. The summed E-state index contributed by atoms with van der Waals surface area (Å²) in [5.74, 6) is 0.989. The third-order valence-electron chi connectivity index (χ3n) is 3.28. The first-order chi connectivity index (χ1) is 8.10. The monoisotopic (exact) mass is 237 g/mol. The Morgan fingerprint density at radius 2 is 2.06 bits per heavy atom. The van der Waals surface area contributed by atoms with E-state index in [4.69, 9.17) is 5.73 Å². The van der Waals surface area contributed by atoms with E-state index in [1.807, 2.05) is 13.0 Å². The Hall–Kier alpha value is -1.29. The average molecular weight is 237 g/mol. The van der Waals surface area contributed by atoms with Crippen molar-refractivity contribution < 1.29 is 5.11 Å². The highest BCUT2D eigenvalue weighted by molar-refractivity contribution is 5.64. The molecule has 4 N–H and O–H groups in total. The Labute approximate surface area is 103 Å². The lowest BCUT2D eigenvalue weighted by molar-refractivity contribution is 0.114. The quantitative estimate of drug-likeness (QED) is 0.709. The molecule has 0 radical (unpaired) electrons. The summed E-state index contributed by atoms with van der Waals surface area (Å²) >= 11 is 0. The van der Waals surface area contributed by atoms with E-state index in [9.17, 15) is 5.11 Å². The molecule has 0 bridgehead atoms. The van der Waals surface area contributed by atoms with E-state index in [2.05, 4.69) is 24.1 Å². The molecule has 0 amide bonds. The van der Waals surface area contributed by atoms with Crippen LogP contribution in [-0.2, 0) is 0 Å². The van der Waals surface area contributed by atoms with Gasteiger partial charge in [0.2, 0.25) is 0 Å². The van der Waals surface area contributed by atoms with Gasteiger partial charge in [0, 0.05) is 12.7 Å². The molecule has 1 aromatic rings. The van der Waals surface area contributed by atoms with Crippen molar-refractivity contribution in [2.75, 3.05) is 17.6 Å². The zero-order valence-electron chi connectivity index (χ0n) is 10.9. The van der Waals surface area contributed by atoms with Crippen LogP contribution in [0, 0.1) is 12.8 Å². The van der Waals surface area contributed by atoms with Crippen molar-refractivity contribution in [3.05, 3.63) is 17.8 Å². The topological polar surface area (TPSA) is 71.2 Å². The molecular weight excluding hydrogens is 214 g/mol. The lowest BCUT2D eigenvalue weighted by Crippen LogP contribution is -2.28. The van der Waals surface area contributed by atoms with E-state index in [-0.39, 0.29) is 6.10 Å². The number of nitrogen functional groups attached to an aromatic ring is 1. The molecule has 1 atom stereocenters. The second kappa shape index (κ2) is 6.45. The molecule has 4 heteroatoms. The number of aliphatic hydroxyl groups is 1.